The molecule has 12 heavy (non-hydrogen) atoms. The first-order chi connectivity index (χ1) is 5.75. The van der Waals surface area contributed by atoms with Gasteiger partial charge in [0.15, 0.2) is 0 Å². The molecule has 1 aromatic heterocycles. The molecule has 0 fully saturated rings. The molecule has 0 aliphatic carbocycles. The van der Waals surface area contributed by atoms with Gasteiger partial charge in [0.2, 0.25) is 6.54 Å². The van der Waals surface area contributed by atoms with E-state index in [1.807, 2.05) is 0 Å². The zero-order valence-electron chi connectivity index (χ0n) is 6.09. The molecule has 0 saturated heterocycles. The Balaban J connectivity index is 2.90. The number of aromatic nitrogens is 2. The molecule has 62 valence electrons. The highest BCUT2D eigenvalue weighted by molar-refractivity contribution is 6.34. The second-order valence-corrected chi connectivity index (χ2v) is 2.78. The van der Waals surface area contributed by atoms with Crippen molar-refractivity contribution in [1.82, 2.24) is 9.97 Å². The minimum atomic E-state index is 0.332. The van der Waals surface area contributed by atoms with Crippen LogP contribution in [0.4, 0.5) is 0 Å². The minimum Gasteiger partial charge on any atom is -0.317 e. The van der Waals surface area contributed by atoms with Crippen LogP contribution >= 0.6 is 23.2 Å². The molecule has 1 rings (SSSR count). The van der Waals surface area contributed by atoms with Crippen molar-refractivity contribution >= 4 is 23.2 Å². The molecule has 0 spiro atoms. The number of rotatable bonds is 2. The molecule has 0 amide bonds. The zero-order valence-corrected chi connectivity index (χ0v) is 7.60. The van der Waals surface area contributed by atoms with Crippen molar-refractivity contribution in [1.29, 1.82) is 0 Å². The molecule has 0 aliphatic rings. The van der Waals surface area contributed by atoms with Crippen LogP contribution in [-0.2, 0) is 6.42 Å². The van der Waals surface area contributed by atoms with Crippen LogP contribution in [0.15, 0.2) is 6.33 Å². The standard InChI is InChI=1S/C7H5Cl2N3/c1-10-3-2-5-6(8)11-4-12-7(5)9/h4H,2-3H2. The second-order valence-electron chi connectivity index (χ2n) is 2.07. The van der Waals surface area contributed by atoms with E-state index in [9.17, 15) is 0 Å². The van der Waals surface area contributed by atoms with E-state index >= 15 is 0 Å². The lowest BCUT2D eigenvalue weighted by Crippen LogP contribution is -1.94. The van der Waals surface area contributed by atoms with Crippen LogP contribution in [0.25, 0.3) is 4.85 Å². The molecule has 0 saturated carbocycles. The number of halogens is 2. The van der Waals surface area contributed by atoms with E-state index in [2.05, 4.69) is 14.8 Å². The monoisotopic (exact) mass is 201 g/mol. The van der Waals surface area contributed by atoms with Crippen molar-refractivity contribution in [2.24, 2.45) is 0 Å². The number of nitrogens with zero attached hydrogens (tertiary/aromatic N) is 3. The molecule has 1 aromatic rings. The highest BCUT2D eigenvalue weighted by Crippen LogP contribution is 2.19. The van der Waals surface area contributed by atoms with Crippen molar-refractivity contribution < 1.29 is 0 Å². The Bertz CT molecular complexity index is 299. The average molecular weight is 202 g/mol. The molecular formula is C7H5Cl2N3. The van der Waals surface area contributed by atoms with Crippen LogP contribution in [0, 0.1) is 6.57 Å². The molecule has 0 radical (unpaired) electrons. The number of hydrogen-bond acceptors (Lipinski definition) is 2. The maximum atomic E-state index is 6.59. The van der Waals surface area contributed by atoms with Crippen LogP contribution in [0.1, 0.15) is 5.56 Å². The van der Waals surface area contributed by atoms with E-state index in [4.69, 9.17) is 29.8 Å². The van der Waals surface area contributed by atoms with E-state index < -0.39 is 0 Å². The van der Waals surface area contributed by atoms with E-state index in [0.717, 1.165) is 0 Å². The van der Waals surface area contributed by atoms with E-state index in [1.165, 1.54) is 6.33 Å². The van der Waals surface area contributed by atoms with E-state index in [0.29, 0.717) is 28.8 Å². The molecule has 5 heteroatoms. The van der Waals surface area contributed by atoms with E-state index in [1.54, 1.807) is 0 Å². The summed E-state index contributed by atoms with van der Waals surface area (Å²) < 4.78 is 0. The Morgan fingerprint density at radius 3 is 2.42 bits per heavy atom. The lowest BCUT2D eigenvalue weighted by Gasteiger charge is -1.99. The third-order valence-corrected chi connectivity index (χ3v) is 1.97. The molecule has 3 nitrogen and oxygen atoms in total. The van der Waals surface area contributed by atoms with Gasteiger partial charge in [-0.2, -0.15) is 0 Å². The predicted molar refractivity (Wildman–Crippen MR) is 47.2 cm³/mol. The Morgan fingerprint density at radius 1 is 1.33 bits per heavy atom. The summed E-state index contributed by atoms with van der Waals surface area (Å²) in [5.41, 5.74) is 0.650. The van der Waals surface area contributed by atoms with Crippen molar-refractivity contribution in [3.63, 3.8) is 0 Å². The highest BCUT2D eigenvalue weighted by Gasteiger charge is 2.08. The van der Waals surface area contributed by atoms with Crippen LogP contribution in [-0.4, -0.2) is 16.5 Å². The average Bonchev–Trinajstić information content (AvgIpc) is 2.04. The van der Waals surface area contributed by atoms with Gasteiger partial charge < -0.3 is 4.85 Å². The van der Waals surface area contributed by atoms with Gasteiger partial charge >= 0.3 is 0 Å². The van der Waals surface area contributed by atoms with E-state index in [-0.39, 0.29) is 0 Å². The van der Waals surface area contributed by atoms with Crippen LogP contribution in [0.3, 0.4) is 0 Å². The predicted octanol–water partition coefficient (Wildman–Crippen LogP) is 2.25. The maximum Gasteiger partial charge on any atom is 0.218 e. The quantitative estimate of drug-likeness (QED) is 0.543. The molecule has 1 heterocycles. The molecule has 0 aliphatic heterocycles. The number of hydrogen-bond donors (Lipinski definition) is 0. The first-order valence-corrected chi connectivity index (χ1v) is 3.99. The minimum absolute atomic E-state index is 0.332. The van der Waals surface area contributed by atoms with Gasteiger partial charge in [-0.05, 0) is 0 Å². The molecule has 0 N–H and O–H groups in total. The summed E-state index contributed by atoms with van der Waals surface area (Å²) in [6, 6.07) is 0. The smallest absolute Gasteiger partial charge is 0.218 e. The first kappa shape index (κ1) is 9.24. The topological polar surface area (TPSA) is 30.1 Å². The Hall–Kier alpha value is -0.850. The zero-order chi connectivity index (χ0) is 8.97. The van der Waals surface area contributed by atoms with Gasteiger partial charge in [0.1, 0.15) is 16.6 Å². The van der Waals surface area contributed by atoms with Gasteiger partial charge in [0, 0.05) is 5.56 Å². The fraction of sp³-hybridized carbons (Fsp3) is 0.286. The maximum absolute atomic E-state index is 6.59. The van der Waals surface area contributed by atoms with Crippen LogP contribution in [0.5, 0.6) is 0 Å². The summed E-state index contributed by atoms with van der Waals surface area (Å²) in [5.74, 6) is 0. The fourth-order valence-electron chi connectivity index (χ4n) is 0.745. The Kier molecular flexibility index (Phi) is 3.27. The van der Waals surface area contributed by atoms with Gasteiger partial charge in [0.25, 0.3) is 0 Å². The second kappa shape index (κ2) is 4.24. The van der Waals surface area contributed by atoms with Gasteiger partial charge in [0.05, 0.1) is 6.42 Å². The molecule has 0 unspecified atom stereocenters. The van der Waals surface area contributed by atoms with Crippen LogP contribution in [0.2, 0.25) is 10.3 Å². The Labute approximate surface area is 80.2 Å². The normalized spacial score (nSPS) is 9.42. The fourth-order valence-corrected chi connectivity index (χ4v) is 1.25. The van der Waals surface area contributed by atoms with Gasteiger partial charge in [-0.15, -0.1) is 0 Å². The Morgan fingerprint density at radius 2 is 1.92 bits per heavy atom. The third kappa shape index (κ3) is 2.07. The van der Waals surface area contributed by atoms with Gasteiger partial charge in [-0.25, -0.2) is 16.5 Å². The third-order valence-electron chi connectivity index (χ3n) is 1.31. The lowest BCUT2D eigenvalue weighted by atomic mass is 10.2. The van der Waals surface area contributed by atoms with Crippen molar-refractivity contribution in [3.8, 4) is 0 Å². The summed E-state index contributed by atoms with van der Waals surface area (Å²) in [4.78, 5) is 10.7. The van der Waals surface area contributed by atoms with Crippen LogP contribution < -0.4 is 0 Å². The summed E-state index contributed by atoms with van der Waals surface area (Å²) in [6.45, 7) is 6.94. The molecule has 0 atom stereocenters. The summed E-state index contributed by atoms with van der Waals surface area (Å²) in [7, 11) is 0. The van der Waals surface area contributed by atoms with Gasteiger partial charge in [-0.1, -0.05) is 23.2 Å². The SMILES string of the molecule is [C-]#[N+]CCc1c(Cl)ncnc1Cl. The van der Waals surface area contributed by atoms with Crippen molar-refractivity contribution in [3.05, 3.63) is 33.6 Å². The summed E-state index contributed by atoms with van der Waals surface area (Å²) in [5, 5.41) is 0.664. The summed E-state index contributed by atoms with van der Waals surface area (Å²) in [6.07, 6.45) is 1.80. The largest absolute Gasteiger partial charge is 0.317 e. The van der Waals surface area contributed by atoms with Gasteiger partial charge in [-0.3, -0.25) is 0 Å². The van der Waals surface area contributed by atoms with Crippen molar-refractivity contribution in [2.75, 3.05) is 6.54 Å². The lowest BCUT2D eigenvalue weighted by molar-refractivity contribution is 1.02. The highest BCUT2D eigenvalue weighted by atomic mass is 35.5. The molecular weight excluding hydrogens is 197 g/mol. The molecule has 0 aromatic carbocycles. The molecule has 0 bridgehead atoms. The first-order valence-electron chi connectivity index (χ1n) is 3.23. The summed E-state index contributed by atoms with van der Waals surface area (Å²) >= 11 is 11.5. The van der Waals surface area contributed by atoms with Crippen molar-refractivity contribution in [2.45, 2.75) is 6.42 Å².